The van der Waals surface area contributed by atoms with Gasteiger partial charge in [0.15, 0.2) is 6.10 Å². The Morgan fingerprint density at radius 2 is 0.500 bits per heavy atom. The lowest BCUT2D eigenvalue weighted by molar-refractivity contribution is -0.167. The summed E-state index contributed by atoms with van der Waals surface area (Å²) in [5.74, 6) is -0.945. The molecule has 0 aliphatic heterocycles. The first-order valence-electron chi connectivity index (χ1n) is 31.5. The molecule has 0 fully saturated rings. The topological polar surface area (TPSA) is 78.9 Å². The van der Waals surface area contributed by atoms with Gasteiger partial charge in [0.1, 0.15) is 13.2 Å². The van der Waals surface area contributed by atoms with E-state index in [0.29, 0.717) is 19.3 Å². The van der Waals surface area contributed by atoms with Crippen molar-refractivity contribution < 1.29 is 28.6 Å². The molecular weight excluding hydrogens is 961 g/mol. The maximum absolute atomic E-state index is 12.9. The fourth-order valence-electron chi connectivity index (χ4n) is 8.10. The lowest BCUT2D eigenvalue weighted by atomic mass is 10.1. The Hall–Kier alpha value is -4.97. The number of hydrogen-bond acceptors (Lipinski definition) is 6. The van der Waals surface area contributed by atoms with Crippen LogP contribution in [0.25, 0.3) is 0 Å². The normalized spacial score (nSPS) is 13.2. The molecule has 0 bridgehead atoms. The molecule has 0 radical (unpaired) electrons. The third kappa shape index (κ3) is 61.9. The van der Waals surface area contributed by atoms with E-state index in [9.17, 15) is 14.4 Å². The Kier molecular flexibility index (Phi) is 60.4. The summed E-state index contributed by atoms with van der Waals surface area (Å²) in [5, 5.41) is 0. The zero-order chi connectivity index (χ0) is 56.4. The Bertz CT molecular complexity index is 1760. The van der Waals surface area contributed by atoms with Crippen molar-refractivity contribution in [1.29, 1.82) is 0 Å². The second-order valence-corrected chi connectivity index (χ2v) is 20.2. The number of hydrogen-bond donors (Lipinski definition) is 0. The van der Waals surface area contributed by atoms with Crippen LogP contribution >= 0.6 is 0 Å². The molecule has 0 amide bonds. The van der Waals surface area contributed by atoms with Crippen molar-refractivity contribution in [3.8, 4) is 0 Å². The van der Waals surface area contributed by atoms with Crippen LogP contribution in [0.4, 0.5) is 0 Å². The predicted molar refractivity (Wildman–Crippen MR) is 338 cm³/mol. The Balaban J connectivity index is 4.38. The molecule has 0 aromatic carbocycles. The smallest absolute Gasteiger partial charge is 0.306 e. The molecule has 0 aromatic heterocycles. The summed E-state index contributed by atoms with van der Waals surface area (Å²) < 4.78 is 16.9. The summed E-state index contributed by atoms with van der Waals surface area (Å²) in [5.41, 5.74) is 0. The molecule has 6 nitrogen and oxygen atoms in total. The van der Waals surface area contributed by atoms with Crippen LogP contribution < -0.4 is 0 Å². The van der Waals surface area contributed by atoms with Crippen LogP contribution in [0.15, 0.2) is 158 Å². The zero-order valence-corrected chi connectivity index (χ0v) is 50.1. The van der Waals surface area contributed by atoms with Crippen LogP contribution in [-0.4, -0.2) is 37.2 Å². The second kappa shape index (κ2) is 64.6. The van der Waals surface area contributed by atoms with Crippen LogP contribution in [0.2, 0.25) is 0 Å². The average Bonchev–Trinajstić information content (AvgIpc) is 3.44. The molecule has 0 aromatic rings. The number of rotatable bonds is 55. The number of carbonyl (C=O) groups excluding carboxylic acids is 3. The first kappa shape index (κ1) is 73.0. The monoisotopic (exact) mass is 1070 g/mol. The fourth-order valence-corrected chi connectivity index (χ4v) is 8.10. The number of unbranched alkanes of at least 4 members (excludes halogenated alkanes) is 18. The van der Waals surface area contributed by atoms with Gasteiger partial charge < -0.3 is 14.2 Å². The molecule has 78 heavy (non-hydrogen) atoms. The Morgan fingerprint density at radius 1 is 0.269 bits per heavy atom. The van der Waals surface area contributed by atoms with Crippen LogP contribution in [0.5, 0.6) is 0 Å². The highest BCUT2D eigenvalue weighted by Crippen LogP contribution is 2.14. The highest BCUT2D eigenvalue weighted by atomic mass is 16.6. The Labute approximate surface area is 480 Å². The van der Waals surface area contributed by atoms with Gasteiger partial charge in [-0.2, -0.15) is 0 Å². The molecule has 6 heteroatoms. The van der Waals surface area contributed by atoms with Gasteiger partial charge >= 0.3 is 17.9 Å². The van der Waals surface area contributed by atoms with Crippen molar-refractivity contribution in [3.63, 3.8) is 0 Å². The van der Waals surface area contributed by atoms with Crippen molar-refractivity contribution >= 4 is 17.9 Å². The molecule has 0 saturated carbocycles. The summed E-state index contributed by atoms with van der Waals surface area (Å²) in [4.78, 5) is 38.2. The van der Waals surface area contributed by atoms with E-state index in [-0.39, 0.29) is 31.1 Å². The molecular formula is C72H114O6. The minimum atomic E-state index is -0.804. The van der Waals surface area contributed by atoms with Crippen LogP contribution in [0.1, 0.15) is 258 Å². The quantitative estimate of drug-likeness (QED) is 0.0261. The van der Waals surface area contributed by atoms with Crippen LogP contribution in [-0.2, 0) is 28.6 Å². The molecule has 0 saturated heterocycles. The lowest BCUT2D eigenvalue weighted by Crippen LogP contribution is -2.30. The van der Waals surface area contributed by atoms with Gasteiger partial charge in [-0.25, -0.2) is 0 Å². The van der Waals surface area contributed by atoms with E-state index in [1.54, 1.807) is 0 Å². The summed E-state index contributed by atoms with van der Waals surface area (Å²) >= 11 is 0. The first-order valence-corrected chi connectivity index (χ1v) is 31.5. The van der Waals surface area contributed by atoms with Crippen molar-refractivity contribution in [2.24, 2.45) is 0 Å². The van der Waals surface area contributed by atoms with Crippen molar-refractivity contribution in [2.75, 3.05) is 13.2 Å². The van der Waals surface area contributed by atoms with E-state index in [4.69, 9.17) is 14.2 Å². The summed E-state index contributed by atoms with van der Waals surface area (Å²) in [6.07, 6.45) is 93.9. The molecule has 1 unspecified atom stereocenters. The van der Waals surface area contributed by atoms with E-state index in [1.807, 2.05) is 0 Å². The molecule has 0 heterocycles. The highest BCUT2D eigenvalue weighted by molar-refractivity contribution is 5.71. The van der Waals surface area contributed by atoms with Gasteiger partial charge in [0.2, 0.25) is 0 Å². The average molecular weight is 1080 g/mol. The third-order valence-corrected chi connectivity index (χ3v) is 12.7. The largest absolute Gasteiger partial charge is 0.462 e. The number of ether oxygens (including phenoxy) is 3. The van der Waals surface area contributed by atoms with E-state index in [1.165, 1.54) is 38.5 Å². The highest BCUT2D eigenvalue weighted by Gasteiger charge is 2.19. The zero-order valence-electron chi connectivity index (χ0n) is 50.1. The van der Waals surface area contributed by atoms with Gasteiger partial charge in [0, 0.05) is 19.3 Å². The van der Waals surface area contributed by atoms with Crippen molar-refractivity contribution in [2.45, 2.75) is 264 Å². The summed E-state index contributed by atoms with van der Waals surface area (Å²) in [6, 6.07) is 0. The fraction of sp³-hybridized carbons (Fsp3) is 0.597. The molecule has 0 aliphatic rings. The molecule has 0 aliphatic carbocycles. The van der Waals surface area contributed by atoms with Gasteiger partial charge in [0.05, 0.1) is 0 Å². The van der Waals surface area contributed by atoms with E-state index < -0.39 is 6.10 Å². The summed E-state index contributed by atoms with van der Waals surface area (Å²) in [6.45, 7) is 6.31. The maximum atomic E-state index is 12.9. The van der Waals surface area contributed by atoms with Gasteiger partial charge in [-0.1, -0.05) is 256 Å². The maximum Gasteiger partial charge on any atom is 0.306 e. The van der Waals surface area contributed by atoms with Crippen molar-refractivity contribution in [3.05, 3.63) is 158 Å². The van der Waals surface area contributed by atoms with Crippen molar-refractivity contribution in [1.82, 2.24) is 0 Å². The molecule has 1 atom stereocenters. The number of allylic oxidation sites excluding steroid dienone is 26. The second-order valence-electron chi connectivity index (χ2n) is 20.2. The molecule has 438 valence electrons. The number of esters is 3. The summed E-state index contributed by atoms with van der Waals surface area (Å²) in [7, 11) is 0. The van der Waals surface area contributed by atoms with E-state index >= 15 is 0 Å². The minimum Gasteiger partial charge on any atom is -0.462 e. The lowest BCUT2D eigenvalue weighted by Gasteiger charge is -2.18. The van der Waals surface area contributed by atoms with E-state index in [2.05, 4.69) is 179 Å². The van der Waals surface area contributed by atoms with Gasteiger partial charge in [-0.05, 0) is 141 Å². The molecule has 0 N–H and O–H groups in total. The van der Waals surface area contributed by atoms with Gasteiger partial charge in [0.25, 0.3) is 0 Å². The Morgan fingerprint density at radius 3 is 0.795 bits per heavy atom. The minimum absolute atomic E-state index is 0.0999. The SMILES string of the molecule is CC/C=C\C/C=C\C/C=C\C/C=C\C/C=C\C/C=C\CCCCCCCCC(=O)OCC(COC(=O)CCCCCCC/C=C\CCC)OC(=O)CCCCCCCC/C=C\C/C=C\C/C=C\C/C=C\C/C=C\C/C=C\CC. The third-order valence-electron chi connectivity index (χ3n) is 12.7. The van der Waals surface area contributed by atoms with Gasteiger partial charge in [-0.3, -0.25) is 14.4 Å². The standard InChI is InChI=1S/C72H114O6/c1-4-7-10-13-16-19-22-24-26-28-30-32-34-36-38-40-42-44-46-48-50-53-56-59-62-65-71(74)77-68-69(67-76-70(73)64-61-58-55-52-21-18-15-12-9-6-3)78-72(75)66-63-60-57-54-51-49-47-45-43-41-39-37-35-33-31-29-27-25-23-20-17-14-11-8-5-2/h7-8,10-12,15-17,19-20,24-27,30-33,36-39,42-45,69H,4-6,9,13-14,18,21-23,28-29,34-35,40-41,46-68H2,1-3H3/b10-7-,11-8-,15-12-,19-16-,20-17-,26-24-,27-25-,32-30-,33-31-,38-36-,39-37-,44-42-,45-43-. The van der Waals surface area contributed by atoms with Crippen LogP contribution in [0.3, 0.4) is 0 Å². The molecule has 0 rings (SSSR count). The predicted octanol–water partition coefficient (Wildman–Crippen LogP) is 21.7. The van der Waals surface area contributed by atoms with Crippen LogP contribution in [0, 0.1) is 0 Å². The number of carbonyl (C=O) groups is 3. The van der Waals surface area contributed by atoms with E-state index in [0.717, 1.165) is 180 Å². The first-order chi connectivity index (χ1) is 38.5. The van der Waals surface area contributed by atoms with Gasteiger partial charge in [-0.15, -0.1) is 0 Å². The molecule has 0 spiro atoms.